The predicted octanol–water partition coefficient (Wildman–Crippen LogP) is 4.22. The molecule has 0 atom stereocenters. The fourth-order valence-corrected chi connectivity index (χ4v) is 3.89. The third-order valence-corrected chi connectivity index (χ3v) is 5.15. The van der Waals surface area contributed by atoms with Gasteiger partial charge in [0.05, 0.1) is 27.3 Å². The Labute approximate surface area is 143 Å². The molecule has 120 valence electrons. The molecular weight excluding hydrogens is 320 g/mol. The Balaban J connectivity index is 1.86. The van der Waals surface area contributed by atoms with Gasteiger partial charge in [-0.15, -0.1) is 11.3 Å². The number of nitrogens with zero attached hydrogens (tertiary/aromatic N) is 4. The van der Waals surface area contributed by atoms with E-state index in [2.05, 4.69) is 21.5 Å². The number of hydrogen-bond acceptors (Lipinski definition) is 6. The predicted molar refractivity (Wildman–Crippen MR) is 102 cm³/mol. The van der Waals surface area contributed by atoms with Crippen molar-refractivity contribution in [2.45, 2.75) is 0 Å². The van der Waals surface area contributed by atoms with Crippen LogP contribution < -0.4 is 9.80 Å². The van der Waals surface area contributed by atoms with Crippen molar-refractivity contribution in [3.63, 3.8) is 0 Å². The van der Waals surface area contributed by atoms with E-state index in [-0.39, 0.29) is 5.75 Å². The summed E-state index contributed by atoms with van der Waals surface area (Å²) in [5.41, 5.74) is 3.79. The number of benzene rings is 1. The number of aliphatic imine (C=N–C) groups is 1. The van der Waals surface area contributed by atoms with Gasteiger partial charge in [0.15, 0.2) is 0 Å². The van der Waals surface area contributed by atoms with Gasteiger partial charge in [-0.05, 0) is 30.3 Å². The molecule has 6 heteroatoms. The van der Waals surface area contributed by atoms with E-state index < -0.39 is 0 Å². The largest absolute Gasteiger partial charge is 0.508 e. The summed E-state index contributed by atoms with van der Waals surface area (Å²) in [5, 5.41) is 10.5. The first-order valence-electron chi connectivity index (χ1n) is 7.47. The lowest BCUT2D eigenvalue weighted by molar-refractivity contribution is 0.475. The molecule has 3 heterocycles. The Kier molecular flexibility index (Phi) is 3.28. The second kappa shape index (κ2) is 5.35. The van der Waals surface area contributed by atoms with E-state index in [1.54, 1.807) is 29.8 Å². The van der Waals surface area contributed by atoms with Crippen LogP contribution in [0.5, 0.6) is 5.75 Å². The van der Waals surface area contributed by atoms with Crippen molar-refractivity contribution < 1.29 is 5.11 Å². The lowest BCUT2D eigenvalue weighted by Gasteiger charge is -2.25. The SMILES string of the molecule is C=C1c2sc3nccc(N(C)C)c3c2N=CN1c1ccc(O)cc1. The third-order valence-electron chi connectivity index (χ3n) is 4.01. The van der Waals surface area contributed by atoms with Crippen molar-refractivity contribution in [3.05, 3.63) is 48.0 Å². The summed E-state index contributed by atoms with van der Waals surface area (Å²) in [6.45, 7) is 4.25. The summed E-state index contributed by atoms with van der Waals surface area (Å²) in [6, 6.07) is 8.99. The van der Waals surface area contributed by atoms with Crippen molar-refractivity contribution >= 4 is 50.7 Å². The molecule has 5 nitrogen and oxygen atoms in total. The van der Waals surface area contributed by atoms with Gasteiger partial charge in [0, 0.05) is 26.0 Å². The quantitative estimate of drug-likeness (QED) is 0.761. The molecule has 1 aliphatic heterocycles. The number of thiophene rings is 1. The summed E-state index contributed by atoms with van der Waals surface area (Å²) in [7, 11) is 4.03. The highest BCUT2D eigenvalue weighted by Gasteiger charge is 2.25. The zero-order valence-corrected chi connectivity index (χ0v) is 14.2. The Morgan fingerprint density at radius 2 is 1.92 bits per heavy atom. The first kappa shape index (κ1) is 14.7. The van der Waals surface area contributed by atoms with Gasteiger partial charge in [-0.1, -0.05) is 6.58 Å². The molecular formula is C18H16N4OS. The standard InChI is InChI=1S/C18H16N4OS/c1-11-17-16(15-14(21(2)3)8-9-19-18(15)24-17)20-10-22(11)12-4-6-13(23)7-5-12/h4-10,23H,1H2,2-3H3. The maximum atomic E-state index is 9.47. The number of anilines is 2. The Morgan fingerprint density at radius 1 is 1.17 bits per heavy atom. The van der Waals surface area contributed by atoms with E-state index in [9.17, 15) is 5.11 Å². The van der Waals surface area contributed by atoms with Crippen LogP contribution in [0, 0.1) is 0 Å². The molecule has 0 aliphatic carbocycles. The Morgan fingerprint density at radius 3 is 2.62 bits per heavy atom. The Hall–Kier alpha value is -2.86. The molecule has 0 amide bonds. The van der Waals surface area contributed by atoms with Crippen LogP contribution in [0.15, 0.2) is 48.1 Å². The number of rotatable bonds is 2. The Bertz CT molecular complexity index is 973. The van der Waals surface area contributed by atoms with Crippen LogP contribution in [-0.2, 0) is 0 Å². The minimum Gasteiger partial charge on any atom is -0.508 e. The van der Waals surface area contributed by atoms with Gasteiger partial charge in [-0.25, -0.2) is 9.98 Å². The minimum absolute atomic E-state index is 0.237. The normalized spacial score (nSPS) is 13.4. The van der Waals surface area contributed by atoms with E-state index in [4.69, 9.17) is 0 Å². The second-order valence-corrected chi connectivity index (χ2v) is 6.76. The van der Waals surface area contributed by atoms with E-state index in [0.29, 0.717) is 0 Å². The summed E-state index contributed by atoms with van der Waals surface area (Å²) >= 11 is 1.60. The number of phenolic OH excluding ortho intramolecular Hbond substituents is 1. The molecule has 1 N–H and O–H groups in total. The van der Waals surface area contributed by atoms with E-state index in [0.717, 1.165) is 37.9 Å². The minimum atomic E-state index is 0.237. The smallest absolute Gasteiger partial charge is 0.128 e. The molecule has 0 saturated carbocycles. The highest BCUT2D eigenvalue weighted by molar-refractivity contribution is 7.20. The van der Waals surface area contributed by atoms with Crippen LogP contribution in [0.1, 0.15) is 4.88 Å². The number of aromatic nitrogens is 1. The van der Waals surface area contributed by atoms with Crippen molar-refractivity contribution in [2.24, 2.45) is 4.99 Å². The molecule has 0 bridgehead atoms. The zero-order chi connectivity index (χ0) is 16.8. The van der Waals surface area contributed by atoms with E-state index in [1.807, 2.05) is 43.4 Å². The number of hydrogen-bond donors (Lipinski definition) is 1. The lowest BCUT2D eigenvalue weighted by atomic mass is 10.1. The summed E-state index contributed by atoms with van der Waals surface area (Å²) < 4.78 is 0. The monoisotopic (exact) mass is 336 g/mol. The number of fused-ring (bicyclic) bond motifs is 3. The molecule has 0 fully saturated rings. The van der Waals surface area contributed by atoms with Gasteiger partial charge in [-0.3, -0.25) is 0 Å². The molecule has 0 saturated heterocycles. The lowest BCUT2D eigenvalue weighted by Crippen LogP contribution is -2.20. The maximum Gasteiger partial charge on any atom is 0.128 e. The molecule has 0 radical (unpaired) electrons. The average Bonchev–Trinajstić information content (AvgIpc) is 2.96. The molecule has 1 aliphatic rings. The fourth-order valence-electron chi connectivity index (χ4n) is 2.81. The third kappa shape index (κ3) is 2.15. The van der Waals surface area contributed by atoms with Gasteiger partial charge in [0.1, 0.15) is 16.9 Å². The van der Waals surface area contributed by atoms with Crippen molar-refractivity contribution in [3.8, 4) is 5.75 Å². The molecule has 2 aromatic heterocycles. The number of phenols is 1. The van der Waals surface area contributed by atoms with Crippen LogP contribution >= 0.6 is 11.3 Å². The molecule has 24 heavy (non-hydrogen) atoms. The first-order valence-corrected chi connectivity index (χ1v) is 8.28. The second-order valence-electron chi connectivity index (χ2n) is 5.76. The number of pyridine rings is 1. The van der Waals surface area contributed by atoms with E-state index in [1.165, 1.54) is 0 Å². The molecule has 4 rings (SSSR count). The maximum absolute atomic E-state index is 9.47. The summed E-state index contributed by atoms with van der Waals surface area (Å²) in [5.74, 6) is 0.237. The highest BCUT2D eigenvalue weighted by atomic mass is 32.1. The summed E-state index contributed by atoms with van der Waals surface area (Å²) in [6.07, 6.45) is 3.60. The van der Waals surface area contributed by atoms with Crippen LogP contribution in [0.2, 0.25) is 0 Å². The van der Waals surface area contributed by atoms with Crippen molar-refractivity contribution in [1.29, 1.82) is 0 Å². The van der Waals surface area contributed by atoms with Crippen LogP contribution in [0.3, 0.4) is 0 Å². The molecule has 1 aromatic carbocycles. The van der Waals surface area contributed by atoms with Gasteiger partial charge in [0.25, 0.3) is 0 Å². The zero-order valence-electron chi connectivity index (χ0n) is 13.4. The van der Waals surface area contributed by atoms with E-state index >= 15 is 0 Å². The van der Waals surface area contributed by atoms with Crippen LogP contribution in [0.25, 0.3) is 15.9 Å². The van der Waals surface area contributed by atoms with Crippen molar-refractivity contribution in [1.82, 2.24) is 4.98 Å². The van der Waals surface area contributed by atoms with Gasteiger partial charge in [0.2, 0.25) is 0 Å². The average molecular weight is 336 g/mol. The van der Waals surface area contributed by atoms with Gasteiger partial charge < -0.3 is 14.9 Å². The van der Waals surface area contributed by atoms with Crippen LogP contribution in [-0.4, -0.2) is 30.5 Å². The number of aromatic hydroxyl groups is 1. The van der Waals surface area contributed by atoms with Crippen LogP contribution in [0.4, 0.5) is 17.1 Å². The van der Waals surface area contributed by atoms with Gasteiger partial charge >= 0.3 is 0 Å². The molecule has 3 aromatic rings. The first-order chi connectivity index (χ1) is 11.6. The fraction of sp³-hybridized carbons (Fsp3) is 0.111. The molecule has 0 unspecified atom stereocenters. The molecule has 0 spiro atoms. The topological polar surface area (TPSA) is 52.0 Å². The van der Waals surface area contributed by atoms with Gasteiger partial charge in [-0.2, -0.15) is 0 Å². The van der Waals surface area contributed by atoms with Crippen molar-refractivity contribution in [2.75, 3.05) is 23.9 Å². The highest BCUT2D eigenvalue weighted by Crippen LogP contribution is 2.47. The summed E-state index contributed by atoms with van der Waals surface area (Å²) in [4.78, 5) is 15.1.